The zero-order chi connectivity index (χ0) is 10.1. The molecule has 0 radical (unpaired) electrons. The number of alkyl halides is 2. The molecular weight excluding hydrogens is 191 g/mol. The number of benzene rings is 1. The number of aromatic nitrogens is 1. The highest BCUT2D eigenvalue weighted by Gasteiger charge is 2.08. The average Bonchev–Trinajstić information content (AvgIpc) is 2.49. The third-order valence-electron chi connectivity index (χ3n) is 2.10. The Bertz CT molecular complexity index is 448. The van der Waals surface area contributed by atoms with Crippen molar-refractivity contribution in [2.75, 3.05) is 0 Å². The van der Waals surface area contributed by atoms with Crippen LogP contribution in [0.5, 0.6) is 0 Å². The van der Waals surface area contributed by atoms with Crippen LogP contribution in [0.1, 0.15) is 0 Å². The molecule has 0 saturated carbocycles. The maximum absolute atomic E-state index is 13.1. The minimum Gasteiger partial charge on any atom is -0.342 e. The lowest BCUT2D eigenvalue weighted by atomic mass is 10.2. The summed E-state index contributed by atoms with van der Waals surface area (Å²) >= 11 is 0. The second-order valence-corrected chi connectivity index (χ2v) is 3.03. The molecule has 0 fully saturated rings. The number of fused-ring (bicyclic) bond motifs is 1. The molecule has 0 atom stereocenters. The lowest BCUT2D eigenvalue weighted by Gasteiger charge is -2.03. The molecule has 0 aliphatic carbocycles. The van der Waals surface area contributed by atoms with Gasteiger partial charge in [-0.25, -0.2) is 13.2 Å². The predicted molar refractivity (Wildman–Crippen MR) is 47.9 cm³/mol. The third-order valence-corrected chi connectivity index (χ3v) is 2.10. The second kappa shape index (κ2) is 3.36. The van der Waals surface area contributed by atoms with Gasteiger partial charge in [-0.05, 0) is 18.2 Å². The zero-order valence-corrected chi connectivity index (χ0v) is 7.25. The van der Waals surface area contributed by atoms with Gasteiger partial charge < -0.3 is 4.57 Å². The van der Waals surface area contributed by atoms with Gasteiger partial charge >= 0.3 is 0 Å². The Hall–Kier alpha value is -1.45. The van der Waals surface area contributed by atoms with Crippen molar-refractivity contribution in [1.82, 2.24) is 4.57 Å². The molecular formula is C10H8F3N. The van der Waals surface area contributed by atoms with E-state index in [2.05, 4.69) is 0 Å². The van der Waals surface area contributed by atoms with Gasteiger partial charge in [0.25, 0.3) is 6.43 Å². The van der Waals surface area contributed by atoms with Crippen LogP contribution in [0.25, 0.3) is 10.9 Å². The van der Waals surface area contributed by atoms with Gasteiger partial charge in [0, 0.05) is 11.6 Å². The molecule has 14 heavy (non-hydrogen) atoms. The molecule has 4 heteroatoms. The molecule has 0 saturated heterocycles. The van der Waals surface area contributed by atoms with E-state index in [9.17, 15) is 13.2 Å². The summed E-state index contributed by atoms with van der Waals surface area (Å²) in [5, 5.41) is 0.383. The monoisotopic (exact) mass is 199 g/mol. The quantitative estimate of drug-likeness (QED) is 0.700. The molecule has 0 aliphatic rings. The molecule has 2 rings (SSSR count). The summed E-state index contributed by atoms with van der Waals surface area (Å²) in [5.41, 5.74) is 0.505. The molecule has 1 aromatic heterocycles. The van der Waals surface area contributed by atoms with E-state index in [0.717, 1.165) is 0 Å². The van der Waals surface area contributed by atoms with E-state index in [1.54, 1.807) is 6.07 Å². The maximum atomic E-state index is 13.1. The second-order valence-electron chi connectivity index (χ2n) is 3.03. The van der Waals surface area contributed by atoms with Gasteiger partial charge in [0.2, 0.25) is 0 Å². The van der Waals surface area contributed by atoms with E-state index in [4.69, 9.17) is 0 Å². The molecule has 0 unspecified atom stereocenters. The molecule has 0 bridgehead atoms. The van der Waals surface area contributed by atoms with Crippen molar-refractivity contribution in [2.24, 2.45) is 0 Å². The Balaban J connectivity index is 2.52. The van der Waals surface area contributed by atoms with Crippen molar-refractivity contribution < 1.29 is 13.2 Å². The summed E-state index contributed by atoms with van der Waals surface area (Å²) in [4.78, 5) is 0. The van der Waals surface area contributed by atoms with Crippen LogP contribution in [-0.2, 0) is 6.54 Å². The minimum absolute atomic E-state index is 0.379. The van der Waals surface area contributed by atoms with E-state index in [1.807, 2.05) is 0 Å². The predicted octanol–water partition coefficient (Wildman–Crippen LogP) is 3.05. The molecule has 1 aromatic carbocycles. The van der Waals surface area contributed by atoms with Crippen molar-refractivity contribution >= 4 is 10.9 Å². The maximum Gasteiger partial charge on any atom is 0.256 e. The fourth-order valence-electron chi connectivity index (χ4n) is 1.49. The summed E-state index contributed by atoms with van der Waals surface area (Å²) < 4.78 is 38.7. The Kier molecular flexibility index (Phi) is 2.19. The lowest BCUT2D eigenvalue weighted by molar-refractivity contribution is 0.128. The van der Waals surface area contributed by atoms with Crippen LogP contribution < -0.4 is 0 Å². The summed E-state index contributed by atoms with van der Waals surface area (Å²) in [7, 11) is 0. The highest BCUT2D eigenvalue weighted by atomic mass is 19.3. The molecule has 0 spiro atoms. The van der Waals surface area contributed by atoms with E-state index < -0.39 is 13.0 Å². The van der Waals surface area contributed by atoms with Crippen molar-refractivity contribution in [2.45, 2.75) is 13.0 Å². The fraction of sp³-hybridized carbons (Fsp3) is 0.200. The Morgan fingerprint density at radius 3 is 2.71 bits per heavy atom. The topological polar surface area (TPSA) is 4.93 Å². The lowest BCUT2D eigenvalue weighted by Crippen LogP contribution is -2.04. The molecule has 0 amide bonds. The van der Waals surface area contributed by atoms with Crippen LogP contribution in [0.3, 0.4) is 0 Å². The van der Waals surface area contributed by atoms with Crippen molar-refractivity contribution in [3.05, 3.63) is 36.3 Å². The van der Waals surface area contributed by atoms with Gasteiger partial charge in [-0.3, -0.25) is 0 Å². The molecule has 74 valence electrons. The first-order valence-electron chi connectivity index (χ1n) is 4.20. The Morgan fingerprint density at radius 2 is 2.00 bits per heavy atom. The normalized spacial score (nSPS) is 11.4. The van der Waals surface area contributed by atoms with Crippen LogP contribution in [-0.4, -0.2) is 11.0 Å². The van der Waals surface area contributed by atoms with Gasteiger partial charge in [-0.2, -0.15) is 0 Å². The van der Waals surface area contributed by atoms with E-state index >= 15 is 0 Å². The highest BCUT2D eigenvalue weighted by molar-refractivity contribution is 5.80. The van der Waals surface area contributed by atoms with Crippen molar-refractivity contribution in [1.29, 1.82) is 0 Å². The largest absolute Gasteiger partial charge is 0.342 e. The van der Waals surface area contributed by atoms with Gasteiger partial charge in [0.05, 0.1) is 12.1 Å². The summed E-state index contributed by atoms with van der Waals surface area (Å²) in [5.74, 6) is -0.379. The van der Waals surface area contributed by atoms with Crippen LogP contribution in [0.2, 0.25) is 0 Å². The Labute approximate surface area is 78.8 Å². The van der Waals surface area contributed by atoms with Gasteiger partial charge in [-0.1, -0.05) is 6.07 Å². The average molecular weight is 199 g/mol. The number of rotatable bonds is 2. The van der Waals surface area contributed by atoms with Crippen LogP contribution in [0.4, 0.5) is 13.2 Å². The SMILES string of the molecule is Fc1cccc2c1ccn2CC(F)F. The molecule has 0 N–H and O–H groups in total. The van der Waals surface area contributed by atoms with Gasteiger partial charge in [0.1, 0.15) is 5.82 Å². The smallest absolute Gasteiger partial charge is 0.256 e. The summed E-state index contributed by atoms with van der Waals surface area (Å²) in [6.07, 6.45) is -0.950. The first-order chi connectivity index (χ1) is 6.68. The van der Waals surface area contributed by atoms with E-state index in [1.165, 1.54) is 29.0 Å². The summed E-state index contributed by atoms with van der Waals surface area (Å²) in [6.45, 7) is -0.396. The number of hydrogen-bond acceptors (Lipinski definition) is 0. The molecule has 1 heterocycles. The summed E-state index contributed by atoms with van der Waals surface area (Å²) in [6, 6.07) is 5.96. The first-order valence-corrected chi connectivity index (χ1v) is 4.20. The molecule has 2 aromatic rings. The number of halogens is 3. The van der Waals surface area contributed by atoms with Gasteiger partial charge in [0.15, 0.2) is 0 Å². The van der Waals surface area contributed by atoms with E-state index in [-0.39, 0.29) is 5.82 Å². The zero-order valence-electron chi connectivity index (χ0n) is 7.25. The Morgan fingerprint density at radius 1 is 1.21 bits per heavy atom. The van der Waals surface area contributed by atoms with Crippen LogP contribution in [0, 0.1) is 5.82 Å². The fourth-order valence-corrected chi connectivity index (χ4v) is 1.49. The molecule has 1 nitrogen and oxygen atoms in total. The first kappa shape index (κ1) is 9.12. The standard InChI is InChI=1S/C10H8F3N/c11-8-2-1-3-9-7(8)4-5-14(9)6-10(12)13/h1-5,10H,6H2. The van der Waals surface area contributed by atoms with Crippen molar-refractivity contribution in [3.8, 4) is 0 Å². The third kappa shape index (κ3) is 1.47. The van der Waals surface area contributed by atoms with Crippen LogP contribution >= 0.6 is 0 Å². The van der Waals surface area contributed by atoms with E-state index in [0.29, 0.717) is 10.9 Å². The van der Waals surface area contributed by atoms with Crippen LogP contribution in [0.15, 0.2) is 30.5 Å². The number of nitrogens with zero attached hydrogens (tertiary/aromatic N) is 1. The van der Waals surface area contributed by atoms with Crippen molar-refractivity contribution in [3.63, 3.8) is 0 Å². The minimum atomic E-state index is -2.42. The molecule has 0 aliphatic heterocycles. The number of hydrogen-bond donors (Lipinski definition) is 0. The van der Waals surface area contributed by atoms with Gasteiger partial charge in [-0.15, -0.1) is 0 Å². The highest BCUT2D eigenvalue weighted by Crippen LogP contribution is 2.19.